The first kappa shape index (κ1) is 22.0. The Labute approximate surface area is 179 Å². The number of esters is 1. The Bertz CT molecular complexity index is 1130. The van der Waals surface area contributed by atoms with E-state index in [1.807, 2.05) is 0 Å². The molecule has 0 bridgehead atoms. The number of nitrogens with zero attached hydrogens (tertiary/aromatic N) is 1. The summed E-state index contributed by atoms with van der Waals surface area (Å²) in [6, 6.07) is 14.5. The number of carbonyl (C=O) groups is 1. The molecule has 0 aliphatic carbocycles. The first-order valence-electron chi connectivity index (χ1n) is 9.87. The van der Waals surface area contributed by atoms with Gasteiger partial charge >= 0.3 is 5.97 Å². The second kappa shape index (κ2) is 9.38. The fraction of sp³-hybridized carbons (Fsp3) is 0.250. The number of aromatic hydroxyl groups is 3. The summed E-state index contributed by atoms with van der Waals surface area (Å²) < 4.78 is 6.34. The minimum Gasteiger partial charge on any atom is -0.508 e. The van der Waals surface area contributed by atoms with E-state index in [0.29, 0.717) is 24.2 Å². The molecule has 0 fully saturated rings. The second-order valence-electron chi connectivity index (χ2n) is 7.39. The van der Waals surface area contributed by atoms with Gasteiger partial charge < -0.3 is 24.6 Å². The molecule has 3 rings (SSSR count). The third-order valence-corrected chi connectivity index (χ3v) is 5.30. The molecule has 0 saturated heterocycles. The number of hydrogen-bond acceptors (Lipinski definition) is 6. The molecule has 31 heavy (non-hydrogen) atoms. The molecule has 0 spiro atoms. The summed E-state index contributed by atoms with van der Waals surface area (Å²) in [4.78, 5) is 25.5. The van der Waals surface area contributed by atoms with Crippen LogP contribution < -0.4 is 5.56 Å². The fourth-order valence-corrected chi connectivity index (χ4v) is 3.66. The molecule has 3 N–H and O–H groups in total. The van der Waals surface area contributed by atoms with Crippen molar-refractivity contribution in [2.75, 3.05) is 7.11 Å². The molecule has 0 unspecified atom stereocenters. The smallest absolute Gasteiger partial charge is 0.306 e. The van der Waals surface area contributed by atoms with Crippen LogP contribution in [0.25, 0.3) is 0 Å². The summed E-state index contributed by atoms with van der Waals surface area (Å²) in [5, 5.41) is 30.0. The molecular formula is C24H25NO6. The van der Waals surface area contributed by atoms with Crippen molar-refractivity contribution in [3.8, 4) is 17.2 Å². The van der Waals surface area contributed by atoms with Crippen molar-refractivity contribution in [3.63, 3.8) is 0 Å². The van der Waals surface area contributed by atoms with E-state index in [1.165, 1.54) is 25.3 Å². The standard InChI is InChI=1S/C24H25NO6/c1-15-12-21(28)23(20(14-22(29)31-2)17-4-3-5-19(27)13-17)24(30)25(15)11-10-16-6-8-18(26)9-7-16/h3-9,12-13,20,26-28H,10-11,14H2,1-2H3/t20-/m1/s1. The highest BCUT2D eigenvalue weighted by Gasteiger charge is 2.26. The van der Waals surface area contributed by atoms with Crippen LogP contribution in [0.1, 0.15) is 34.7 Å². The van der Waals surface area contributed by atoms with Crippen LogP contribution in [0, 0.1) is 6.92 Å². The lowest BCUT2D eigenvalue weighted by Crippen LogP contribution is -2.29. The molecule has 3 aromatic rings. The van der Waals surface area contributed by atoms with Crippen LogP contribution in [0.2, 0.25) is 0 Å². The van der Waals surface area contributed by atoms with Crippen LogP contribution >= 0.6 is 0 Å². The Kier molecular flexibility index (Phi) is 6.65. The molecule has 0 saturated carbocycles. The number of aryl methyl sites for hydroxylation is 2. The maximum absolute atomic E-state index is 13.4. The van der Waals surface area contributed by atoms with Crippen LogP contribution in [0.5, 0.6) is 17.2 Å². The van der Waals surface area contributed by atoms with Gasteiger partial charge in [-0.2, -0.15) is 0 Å². The molecule has 2 aromatic carbocycles. The lowest BCUT2D eigenvalue weighted by Gasteiger charge is -2.20. The molecule has 0 aliphatic rings. The van der Waals surface area contributed by atoms with E-state index in [2.05, 4.69) is 0 Å². The minimum absolute atomic E-state index is 0.00776. The molecule has 1 heterocycles. The highest BCUT2D eigenvalue weighted by Crippen LogP contribution is 2.33. The molecule has 162 valence electrons. The topological polar surface area (TPSA) is 109 Å². The van der Waals surface area contributed by atoms with Crippen molar-refractivity contribution in [1.82, 2.24) is 4.57 Å². The van der Waals surface area contributed by atoms with Gasteiger partial charge in [-0.15, -0.1) is 0 Å². The number of phenolic OH excluding ortho intramolecular Hbond substituents is 2. The zero-order valence-corrected chi connectivity index (χ0v) is 17.4. The highest BCUT2D eigenvalue weighted by atomic mass is 16.5. The summed E-state index contributed by atoms with van der Waals surface area (Å²) in [7, 11) is 1.26. The first-order valence-corrected chi connectivity index (χ1v) is 9.87. The van der Waals surface area contributed by atoms with Crippen LogP contribution in [0.3, 0.4) is 0 Å². The van der Waals surface area contributed by atoms with Crippen molar-refractivity contribution in [3.05, 3.63) is 87.3 Å². The number of methoxy groups -OCH3 is 1. The maximum atomic E-state index is 13.4. The predicted octanol–water partition coefficient (Wildman–Crippen LogP) is 3.21. The number of aromatic nitrogens is 1. The van der Waals surface area contributed by atoms with Gasteiger partial charge in [0.15, 0.2) is 0 Å². The molecule has 1 aromatic heterocycles. The highest BCUT2D eigenvalue weighted by molar-refractivity contribution is 5.71. The van der Waals surface area contributed by atoms with Gasteiger partial charge in [0.05, 0.1) is 19.1 Å². The average Bonchev–Trinajstić information content (AvgIpc) is 2.73. The van der Waals surface area contributed by atoms with Gasteiger partial charge in [0.2, 0.25) is 0 Å². The quantitative estimate of drug-likeness (QED) is 0.504. The van der Waals surface area contributed by atoms with Crippen LogP contribution in [0.15, 0.2) is 59.4 Å². The average molecular weight is 423 g/mol. The van der Waals surface area contributed by atoms with Gasteiger partial charge in [-0.25, -0.2) is 0 Å². The monoisotopic (exact) mass is 423 g/mol. The number of hydrogen-bond donors (Lipinski definition) is 3. The number of phenols is 2. The number of benzene rings is 2. The minimum atomic E-state index is -0.785. The third-order valence-electron chi connectivity index (χ3n) is 5.30. The largest absolute Gasteiger partial charge is 0.508 e. The molecule has 0 amide bonds. The van der Waals surface area contributed by atoms with E-state index in [4.69, 9.17) is 4.74 Å². The first-order chi connectivity index (χ1) is 14.8. The Hall–Kier alpha value is -3.74. The molecule has 0 radical (unpaired) electrons. The number of rotatable bonds is 7. The summed E-state index contributed by atoms with van der Waals surface area (Å²) >= 11 is 0. The zero-order valence-electron chi connectivity index (χ0n) is 17.4. The second-order valence-corrected chi connectivity index (χ2v) is 7.39. The van der Waals surface area contributed by atoms with Crippen molar-refractivity contribution < 1.29 is 24.9 Å². The Morgan fingerprint density at radius 1 is 1.03 bits per heavy atom. The number of carbonyl (C=O) groups excluding carboxylic acids is 1. The predicted molar refractivity (Wildman–Crippen MR) is 115 cm³/mol. The number of pyridine rings is 1. The Morgan fingerprint density at radius 2 is 1.74 bits per heavy atom. The molecular weight excluding hydrogens is 398 g/mol. The normalized spacial score (nSPS) is 11.8. The van der Waals surface area contributed by atoms with E-state index >= 15 is 0 Å². The SMILES string of the molecule is COC(=O)C[C@H](c1cccc(O)c1)c1c(O)cc(C)n(CCc2ccc(O)cc2)c1=O. The van der Waals surface area contributed by atoms with Gasteiger partial charge in [-0.3, -0.25) is 9.59 Å². The van der Waals surface area contributed by atoms with Gasteiger partial charge in [0.25, 0.3) is 5.56 Å². The van der Waals surface area contributed by atoms with Crippen molar-refractivity contribution >= 4 is 5.97 Å². The Balaban J connectivity index is 2.04. The van der Waals surface area contributed by atoms with E-state index < -0.39 is 17.4 Å². The fourth-order valence-electron chi connectivity index (χ4n) is 3.66. The van der Waals surface area contributed by atoms with Gasteiger partial charge in [-0.05, 0) is 54.8 Å². The molecule has 7 nitrogen and oxygen atoms in total. The summed E-state index contributed by atoms with van der Waals surface area (Å²) in [6.45, 7) is 2.08. The summed E-state index contributed by atoms with van der Waals surface area (Å²) in [6.07, 6.45) is 0.378. The Morgan fingerprint density at radius 3 is 2.39 bits per heavy atom. The van der Waals surface area contributed by atoms with Crippen LogP contribution in [0.4, 0.5) is 0 Å². The van der Waals surface area contributed by atoms with Crippen molar-refractivity contribution in [1.29, 1.82) is 0 Å². The number of ether oxygens (including phenoxy) is 1. The molecule has 7 heteroatoms. The van der Waals surface area contributed by atoms with Crippen molar-refractivity contribution in [2.45, 2.75) is 32.2 Å². The third kappa shape index (κ3) is 5.06. The lowest BCUT2D eigenvalue weighted by molar-refractivity contribution is -0.140. The van der Waals surface area contributed by atoms with Crippen LogP contribution in [-0.4, -0.2) is 33.0 Å². The summed E-state index contributed by atoms with van der Waals surface area (Å²) in [5.41, 5.74) is 1.71. The van der Waals surface area contributed by atoms with Crippen LogP contribution in [-0.2, 0) is 22.5 Å². The molecule has 1 atom stereocenters. The molecule has 0 aliphatic heterocycles. The van der Waals surface area contributed by atoms with Gasteiger partial charge in [-0.1, -0.05) is 24.3 Å². The lowest BCUT2D eigenvalue weighted by atomic mass is 9.88. The van der Waals surface area contributed by atoms with E-state index in [0.717, 1.165) is 5.56 Å². The van der Waals surface area contributed by atoms with Gasteiger partial charge in [0.1, 0.15) is 17.2 Å². The van der Waals surface area contributed by atoms with Crippen molar-refractivity contribution in [2.24, 2.45) is 0 Å². The van der Waals surface area contributed by atoms with E-state index in [-0.39, 0.29) is 29.2 Å². The van der Waals surface area contributed by atoms with E-state index in [1.54, 1.807) is 47.9 Å². The summed E-state index contributed by atoms with van der Waals surface area (Å²) in [5.74, 6) is -1.37. The maximum Gasteiger partial charge on any atom is 0.306 e. The van der Waals surface area contributed by atoms with Gasteiger partial charge in [0, 0.05) is 18.2 Å². The van der Waals surface area contributed by atoms with E-state index in [9.17, 15) is 24.9 Å². The zero-order chi connectivity index (χ0) is 22.5.